The largest absolute Gasteiger partial charge is 0.303 e. The van der Waals surface area contributed by atoms with Gasteiger partial charge in [0.1, 0.15) is 0 Å². The van der Waals surface area contributed by atoms with E-state index < -0.39 is 0 Å². The molecular formula is C21H28ClN. The summed E-state index contributed by atoms with van der Waals surface area (Å²) < 4.78 is 0. The van der Waals surface area contributed by atoms with Crippen LogP contribution in [-0.2, 0) is 18.3 Å². The molecule has 3 rings (SSSR count). The molecule has 1 aliphatic rings. The summed E-state index contributed by atoms with van der Waals surface area (Å²) in [6.45, 7) is 4.79. The van der Waals surface area contributed by atoms with Gasteiger partial charge in [0.2, 0.25) is 0 Å². The average molecular weight is 330 g/mol. The summed E-state index contributed by atoms with van der Waals surface area (Å²) in [5, 5.41) is 0. The van der Waals surface area contributed by atoms with Crippen molar-refractivity contribution in [2.24, 2.45) is 0 Å². The first kappa shape index (κ1) is 18.0. The molecule has 124 valence electrons. The van der Waals surface area contributed by atoms with E-state index in [1.807, 2.05) is 0 Å². The quantitative estimate of drug-likeness (QED) is 0.776. The van der Waals surface area contributed by atoms with Crippen LogP contribution in [0.25, 0.3) is 0 Å². The van der Waals surface area contributed by atoms with Gasteiger partial charge < -0.3 is 4.90 Å². The van der Waals surface area contributed by atoms with Crippen molar-refractivity contribution < 1.29 is 0 Å². The first-order valence-corrected chi connectivity index (χ1v) is 8.23. The molecule has 1 nitrogen and oxygen atoms in total. The van der Waals surface area contributed by atoms with Gasteiger partial charge in [-0.05, 0) is 55.5 Å². The third-order valence-electron chi connectivity index (χ3n) is 5.36. The van der Waals surface area contributed by atoms with Crippen LogP contribution in [0.5, 0.6) is 0 Å². The Labute approximate surface area is 147 Å². The van der Waals surface area contributed by atoms with Crippen molar-refractivity contribution in [3.8, 4) is 0 Å². The van der Waals surface area contributed by atoms with Gasteiger partial charge in [-0.25, -0.2) is 0 Å². The van der Waals surface area contributed by atoms with Gasteiger partial charge in [-0.3, -0.25) is 0 Å². The van der Waals surface area contributed by atoms with Crippen LogP contribution in [0.4, 0.5) is 0 Å². The second-order valence-corrected chi connectivity index (χ2v) is 7.68. The highest BCUT2D eigenvalue weighted by Crippen LogP contribution is 2.44. The minimum absolute atomic E-state index is 0. The molecule has 1 aliphatic carbocycles. The maximum absolute atomic E-state index is 2.46. The van der Waals surface area contributed by atoms with Crippen LogP contribution >= 0.6 is 12.4 Å². The van der Waals surface area contributed by atoms with Crippen LogP contribution in [0.2, 0.25) is 0 Å². The normalized spacial score (nSPS) is 22.3. The van der Waals surface area contributed by atoms with E-state index in [1.54, 1.807) is 0 Å². The Morgan fingerprint density at radius 3 is 2.17 bits per heavy atom. The summed E-state index contributed by atoms with van der Waals surface area (Å²) in [6, 6.07) is 19.9. The number of nitrogens with zero attached hydrogens (tertiary/aromatic N) is 1. The van der Waals surface area contributed by atoms with Gasteiger partial charge >= 0.3 is 0 Å². The molecule has 23 heavy (non-hydrogen) atoms. The first-order chi connectivity index (χ1) is 10.4. The Morgan fingerprint density at radius 1 is 0.913 bits per heavy atom. The summed E-state index contributed by atoms with van der Waals surface area (Å²) >= 11 is 0. The minimum atomic E-state index is 0. The summed E-state index contributed by atoms with van der Waals surface area (Å²) in [4.78, 5) is 2.46. The maximum Gasteiger partial charge on any atom is 0.0292 e. The maximum atomic E-state index is 2.46. The third-order valence-corrected chi connectivity index (χ3v) is 5.36. The van der Waals surface area contributed by atoms with Crippen LogP contribution in [-0.4, -0.2) is 24.5 Å². The topological polar surface area (TPSA) is 3.24 Å². The molecule has 0 radical (unpaired) electrons. The average Bonchev–Trinajstić information content (AvgIpc) is 2.47. The zero-order valence-corrected chi connectivity index (χ0v) is 15.5. The first-order valence-electron chi connectivity index (χ1n) is 8.23. The molecule has 0 heterocycles. The van der Waals surface area contributed by atoms with Crippen molar-refractivity contribution in [2.45, 2.75) is 44.1 Å². The van der Waals surface area contributed by atoms with Gasteiger partial charge in [0.25, 0.3) is 0 Å². The Hall–Kier alpha value is -1.31. The van der Waals surface area contributed by atoms with Crippen molar-refractivity contribution >= 4 is 12.4 Å². The molecule has 0 saturated heterocycles. The number of hydrogen-bond donors (Lipinski definition) is 0. The minimum Gasteiger partial charge on any atom is -0.303 e. The zero-order chi connectivity index (χ0) is 15.8. The van der Waals surface area contributed by atoms with E-state index >= 15 is 0 Å². The SMILES string of the molecule is CN(C)C1(Cc2ccccc2)Cc2ccccc2C(C)(C)C1.Cl. The standard InChI is InChI=1S/C21H27N.ClH/c1-20(2)16-21(22(3)4,14-17-10-6-5-7-11-17)15-18-12-8-9-13-19(18)20;/h5-13H,14-16H2,1-4H3;1H. The fourth-order valence-electron chi connectivity index (χ4n) is 4.24. The number of benzene rings is 2. The van der Waals surface area contributed by atoms with Crippen LogP contribution in [0.15, 0.2) is 54.6 Å². The molecule has 2 aromatic carbocycles. The molecule has 0 N–H and O–H groups in total. The van der Waals surface area contributed by atoms with E-state index in [1.165, 1.54) is 23.1 Å². The lowest BCUT2D eigenvalue weighted by Gasteiger charge is -2.50. The Kier molecular flexibility index (Phi) is 5.23. The van der Waals surface area contributed by atoms with Gasteiger partial charge in [0.05, 0.1) is 0 Å². The summed E-state index contributed by atoms with van der Waals surface area (Å²) in [5.41, 5.74) is 4.89. The molecule has 1 unspecified atom stereocenters. The number of halogens is 1. The fourth-order valence-corrected chi connectivity index (χ4v) is 4.24. The van der Waals surface area contributed by atoms with Gasteiger partial charge in [0, 0.05) is 5.54 Å². The molecule has 0 aliphatic heterocycles. The molecule has 0 amide bonds. The van der Waals surface area contributed by atoms with E-state index in [9.17, 15) is 0 Å². The van der Waals surface area contributed by atoms with Crippen molar-refractivity contribution in [3.63, 3.8) is 0 Å². The Balaban J connectivity index is 0.00000192. The lowest BCUT2D eigenvalue weighted by Crippen LogP contribution is -2.54. The number of fused-ring (bicyclic) bond motifs is 1. The summed E-state index contributed by atoms with van der Waals surface area (Å²) in [6.07, 6.45) is 3.44. The lowest BCUT2D eigenvalue weighted by molar-refractivity contribution is 0.0984. The van der Waals surface area contributed by atoms with E-state index in [-0.39, 0.29) is 23.4 Å². The number of hydrogen-bond acceptors (Lipinski definition) is 1. The van der Waals surface area contributed by atoms with Crippen LogP contribution < -0.4 is 0 Å². The molecular weight excluding hydrogens is 302 g/mol. The number of rotatable bonds is 3. The molecule has 0 fully saturated rings. The fraction of sp³-hybridized carbons (Fsp3) is 0.429. The molecule has 2 aromatic rings. The van der Waals surface area contributed by atoms with Crippen molar-refractivity contribution in [1.29, 1.82) is 0 Å². The molecule has 0 bridgehead atoms. The highest BCUT2D eigenvalue weighted by atomic mass is 35.5. The molecule has 0 spiro atoms. The predicted octanol–water partition coefficient (Wildman–Crippen LogP) is 4.88. The third kappa shape index (κ3) is 3.46. The predicted molar refractivity (Wildman–Crippen MR) is 102 cm³/mol. The lowest BCUT2D eigenvalue weighted by atomic mass is 9.63. The van der Waals surface area contributed by atoms with Gasteiger partial charge in [-0.15, -0.1) is 12.4 Å². The van der Waals surface area contributed by atoms with Crippen LogP contribution in [0.3, 0.4) is 0 Å². The summed E-state index contributed by atoms with van der Waals surface area (Å²) in [7, 11) is 4.49. The highest BCUT2D eigenvalue weighted by Gasteiger charge is 2.44. The molecule has 0 saturated carbocycles. The van der Waals surface area contributed by atoms with Crippen LogP contribution in [0.1, 0.15) is 37.0 Å². The highest BCUT2D eigenvalue weighted by molar-refractivity contribution is 5.85. The smallest absolute Gasteiger partial charge is 0.0292 e. The van der Waals surface area contributed by atoms with Crippen molar-refractivity contribution in [3.05, 3.63) is 71.3 Å². The second kappa shape index (κ2) is 6.67. The van der Waals surface area contributed by atoms with Crippen LogP contribution in [0, 0.1) is 0 Å². The molecule has 0 aromatic heterocycles. The van der Waals surface area contributed by atoms with E-state index in [4.69, 9.17) is 0 Å². The van der Waals surface area contributed by atoms with Gasteiger partial charge in [-0.2, -0.15) is 0 Å². The van der Waals surface area contributed by atoms with E-state index in [0.29, 0.717) is 0 Å². The molecule has 1 atom stereocenters. The van der Waals surface area contributed by atoms with Gasteiger partial charge in [0.15, 0.2) is 0 Å². The zero-order valence-electron chi connectivity index (χ0n) is 14.7. The number of likely N-dealkylation sites (N-methyl/N-ethyl adjacent to an activating group) is 1. The molecule has 2 heteroatoms. The van der Waals surface area contributed by atoms with E-state index in [2.05, 4.69) is 87.4 Å². The Bertz CT molecular complexity index is 648. The Morgan fingerprint density at radius 2 is 1.52 bits per heavy atom. The van der Waals surface area contributed by atoms with Crippen molar-refractivity contribution in [2.75, 3.05) is 14.1 Å². The summed E-state index contributed by atoms with van der Waals surface area (Å²) in [5.74, 6) is 0. The monoisotopic (exact) mass is 329 g/mol. The second-order valence-electron chi connectivity index (χ2n) is 7.68. The van der Waals surface area contributed by atoms with E-state index in [0.717, 1.165) is 12.8 Å². The van der Waals surface area contributed by atoms with Crippen molar-refractivity contribution in [1.82, 2.24) is 4.90 Å². The van der Waals surface area contributed by atoms with Gasteiger partial charge in [-0.1, -0.05) is 68.4 Å².